The Labute approximate surface area is 170 Å². The Kier molecular flexibility index (Phi) is 8.65. The number of hydrogen-bond donors (Lipinski definition) is 2. The van der Waals surface area contributed by atoms with Gasteiger partial charge >= 0.3 is 6.18 Å². The molecule has 2 N–H and O–H groups in total. The molecular formula is C18H28F3IN4. The van der Waals surface area contributed by atoms with Crippen LogP contribution in [0.1, 0.15) is 25.8 Å². The van der Waals surface area contributed by atoms with Crippen LogP contribution in [0.4, 0.5) is 13.2 Å². The molecule has 4 nitrogen and oxygen atoms in total. The van der Waals surface area contributed by atoms with Crippen molar-refractivity contribution in [1.82, 2.24) is 15.5 Å². The van der Waals surface area contributed by atoms with Crippen molar-refractivity contribution in [2.75, 3.05) is 33.2 Å². The third-order valence-electron chi connectivity index (χ3n) is 4.49. The fourth-order valence-electron chi connectivity index (χ4n) is 3.03. The van der Waals surface area contributed by atoms with Gasteiger partial charge in [0.1, 0.15) is 0 Å². The number of hydrogen-bond acceptors (Lipinski definition) is 2. The number of guanidine groups is 1. The summed E-state index contributed by atoms with van der Waals surface area (Å²) in [5, 5.41) is 6.53. The van der Waals surface area contributed by atoms with E-state index in [1.54, 1.807) is 7.05 Å². The molecule has 1 fully saturated rings. The van der Waals surface area contributed by atoms with Crippen LogP contribution in [0.5, 0.6) is 0 Å². The van der Waals surface area contributed by atoms with Crippen LogP contribution in [0.25, 0.3) is 0 Å². The van der Waals surface area contributed by atoms with Gasteiger partial charge in [-0.2, -0.15) is 13.2 Å². The van der Waals surface area contributed by atoms with Crippen LogP contribution < -0.4 is 10.6 Å². The van der Waals surface area contributed by atoms with Crippen molar-refractivity contribution >= 4 is 29.9 Å². The molecular weight excluding hydrogens is 456 g/mol. The van der Waals surface area contributed by atoms with Crippen molar-refractivity contribution in [3.63, 3.8) is 0 Å². The minimum Gasteiger partial charge on any atom is -0.356 e. The van der Waals surface area contributed by atoms with Crippen LogP contribution in [0.15, 0.2) is 35.3 Å². The third-order valence-corrected chi connectivity index (χ3v) is 4.49. The molecule has 1 aromatic carbocycles. The first-order chi connectivity index (χ1) is 11.7. The molecule has 1 heterocycles. The molecule has 1 unspecified atom stereocenters. The van der Waals surface area contributed by atoms with E-state index in [1.165, 1.54) is 10.5 Å². The third kappa shape index (κ3) is 7.30. The van der Waals surface area contributed by atoms with Crippen molar-refractivity contribution < 1.29 is 13.2 Å². The Morgan fingerprint density at radius 3 is 2.46 bits per heavy atom. The maximum atomic E-state index is 12.5. The van der Waals surface area contributed by atoms with Gasteiger partial charge < -0.3 is 10.6 Å². The second-order valence-electron chi connectivity index (χ2n) is 7.16. The number of likely N-dealkylation sites (tertiary alicyclic amines) is 1. The zero-order chi connectivity index (χ0) is 18.5. The van der Waals surface area contributed by atoms with E-state index in [1.807, 2.05) is 18.2 Å². The van der Waals surface area contributed by atoms with Crippen LogP contribution in [-0.2, 0) is 5.41 Å². The summed E-state index contributed by atoms with van der Waals surface area (Å²) in [5.41, 5.74) is 1.13. The fourth-order valence-corrected chi connectivity index (χ4v) is 3.03. The molecule has 0 spiro atoms. The summed E-state index contributed by atoms with van der Waals surface area (Å²) in [4.78, 5) is 5.63. The van der Waals surface area contributed by atoms with Gasteiger partial charge in [-0.15, -0.1) is 24.0 Å². The lowest BCUT2D eigenvalue weighted by atomic mass is 9.85. The van der Waals surface area contributed by atoms with Crippen LogP contribution in [0.3, 0.4) is 0 Å². The first kappa shape index (κ1) is 23.0. The highest BCUT2D eigenvalue weighted by Crippen LogP contribution is 2.22. The molecule has 0 radical (unpaired) electrons. The predicted molar refractivity (Wildman–Crippen MR) is 110 cm³/mol. The van der Waals surface area contributed by atoms with Crippen molar-refractivity contribution in [2.24, 2.45) is 4.99 Å². The molecule has 0 aliphatic carbocycles. The number of alkyl halides is 3. The summed E-state index contributed by atoms with van der Waals surface area (Å²) in [6.07, 6.45) is -3.46. The van der Waals surface area contributed by atoms with Gasteiger partial charge in [0.25, 0.3) is 0 Å². The van der Waals surface area contributed by atoms with Crippen LogP contribution in [0.2, 0.25) is 0 Å². The molecule has 148 valence electrons. The van der Waals surface area contributed by atoms with Gasteiger partial charge in [0.2, 0.25) is 0 Å². The van der Waals surface area contributed by atoms with E-state index >= 15 is 0 Å². The first-order valence-corrected chi connectivity index (χ1v) is 8.51. The van der Waals surface area contributed by atoms with E-state index in [4.69, 9.17) is 0 Å². The Hall–Kier alpha value is -1.03. The average Bonchev–Trinajstić information content (AvgIpc) is 2.97. The highest BCUT2D eigenvalue weighted by molar-refractivity contribution is 14.0. The number of aliphatic imine (C=N–C) groups is 1. The van der Waals surface area contributed by atoms with Crippen molar-refractivity contribution in [3.05, 3.63) is 35.9 Å². The number of nitrogens with zero attached hydrogens (tertiary/aromatic N) is 2. The Morgan fingerprint density at radius 1 is 1.23 bits per heavy atom. The maximum absolute atomic E-state index is 12.5. The summed E-state index contributed by atoms with van der Waals surface area (Å²) in [5.74, 6) is 0.628. The largest absolute Gasteiger partial charge is 0.401 e. The van der Waals surface area contributed by atoms with Gasteiger partial charge in [-0.25, -0.2) is 0 Å². The van der Waals surface area contributed by atoms with Crippen LogP contribution in [-0.4, -0.2) is 56.3 Å². The monoisotopic (exact) mass is 484 g/mol. The standard InChI is InChI=1S/C18H27F3N4.HI/c1-17(2,14-7-5-4-6-8-14)12-23-16(22-3)24-15-9-10-25(11-15)13-18(19,20)21;/h4-8,15H,9-13H2,1-3H3,(H2,22,23,24);1H. The predicted octanol–water partition coefficient (Wildman–Crippen LogP) is 3.38. The smallest absolute Gasteiger partial charge is 0.356 e. The second-order valence-corrected chi connectivity index (χ2v) is 7.16. The number of nitrogens with one attached hydrogen (secondary N) is 2. The molecule has 1 aromatic rings. The molecule has 8 heteroatoms. The van der Waals surface area contributed by atoms with Gasteiger partial charge in [-0.1, -0.05) is 44.2 Å². The summed E-state index contributed by atoms with van der Waals surface area (Å²) in [7, 11) is 1.67. The highest BCUT2D eigenvalue weighted by atomic mass is 127. The van der Waals surface area contributed by atoms with Gasteiger partial charge in [0, 0.05) is 38.1 Å². The summed E-state index contributed by atoms with van der Waals surface area (Å²) in [6.45, 7) is 4.94. The molecule has 0 bridgehead atoms. The maximum Gasteiger partial charge on any atom is 0.401 e. The highest BCUT2D eigenvalue weighted by Gasteiger charge is 2.34. The minimum absolute atomic E-state index is 0. The molecule has 1 aliphatic heterocycles. The number of rotatable bonds is 5. The Bertz CT molecular complexity index is 576. The zero-order valence-corrected chi connectivity index (χ0v) is 17.8. The van der Waals surface area contributed by atoms with Crippen LogP contribution in [0, 0.1) is 0 Å². The SMILES string of the molecule is CN=C(NCC(C)(C)c1ccccc1)NC1CCN(CC(F)(F)F)C1.I. The van der Waals surface area contributed by atoms with E-state index < -0.39 is 12.7 Å². The van der Waals surface area contributed by atoms with E-state index in [-0.39, 0.29) is 35.4 Å². The molecule has 26 heavy (non-hydrogen) atoms. The topological polar surface area (TPSA) is 39.7 Å². The minimum atomic E-state index is -4.14. The lowest BCUT2D eigenvalue weighted by molar-refractivity contribution is -0.143. The van der Waals surface area contributed by atoms with E-state index in [9.17, 15) is 13.2 Å². The molecule has 1 saturated heterocycles. The van der Waals surface area contributed by atoms with Gasteiger partial charge in [0.05, 0.1) is 6.54 Å². The second kappa shape index (κ2) is 9.77. The molecule has 2 rings (SSSR count). The van der Waals surface area contributed by atoms with Gasteiger partial charge in [-0.3, -0.25) is 9.89 Å². The fraction of sp³-hybridized carbons (Fsp3) is 0.611. The van der Waals surface area contributed by atoms with E-state index in [2.05, 4.69) is 41.6 Å². The molecule has 0 saturated carbocycles. The van der Waals surface area contributed by atoms with E-state index in [0.717, 1.165) is 0 Å². The van der Waals surface area contributed by atoms with Crippen molar-refractivity contribution in [2.45, 2.75) is 37.9 Å². The molecule has 1 atom stereocenters. The van der Waals surface area contributed by atoms with Crippen molar-refractivity contribution in [3.8, 4) is 0 Å². The number of halogens is 4. The zero-order valence-electron chi connectivity index (χ0n) is 15.4. The summed E-state index contributed by atoms with van der Waals surface area (Å²) >= 11 is 0. The van der Waals surface area contributed by atoms with Gasteiger partial charge in [0.15, 0.2) is 5.96 Å². The van der Waals surface area contributed by atoms with Crippen LogP contribution >= 0.6 is 24.0 Å². The Morgan fingerprint density at radius 2 is 1.88 bits per heavy atom. The summed E-state index contributed by atoms with van der Waals surface area (Å²) in [6, 6.07) is 10.2. The normalized spacial score (nSPS) is 19.2. The molecule has 1 aliphatic rings. The quantitative estimate of drug-likeness (QED) is 0.383. The van der Waals surface area contributed by atoms with E-state index in [0.29, 0.717) is 32.0 Å². The number of benzene rings is 1. The summed E-state index contributed by atoms with van der Waals surface area (Å²) < 4.78 is 37.4. The Balaban J connectivity index is 0.00000338. The van der Waals surface area contributed by atoms with Crippen molar-refractivity contribution in [1.29, 1.82) is 0 Å². The lowest BCUT2D eigenvalue weighted by Crippen LogP contribution is -2.48. The molecule has 0 aromatic heterocycles. The molecule has 0 amide bonds. The first-order valence-electron chi connectivity index (χ1n) is 8.51. The van der Waals surface area contributed by atoms with Gasteiger partial charge in [-0.05, 0) is 12.0 Å². The lowest BCUT2D eigenvalue weighted by Gasteiger charge is -2.27. The average molecular weight is 484 g/mol.